The fourth-order valence-corrected chi connectivity index (χ4v) is 4.58. The third-order valence-corrected chi connectivity index (χ3v) is 6.14. The molecule has 2 heterocycles. The molecule has 6 nitrogen and oxygen atoms in total. The number of hydrogen-bond acceptors (Lipinski definition) is 6. The minimum atomic E-state index is -0.821. The minimum absolute atomic E-state index is 0.0275. The molecule has 0 spiro atoms. The lowest BCUT2D eigenvalue weighted by atomic mass is 9.86. The second kappa shape index (κ2) is 7.09. The summed E-state index contributed by atoms with van der Waals surface area (Å²) in [4.78, 5) is 26.4. The van der Waals surface area contributed by atoms with E-state index in [2.05, 4.69) is 0 Å². The number of benzene rings is 1. The molecule has 0 radical (unpaired) electrons. The fourth-order valence-electron chi connectivity index (χ4n) is 3.12. The number of carbonyl (C=O) groups excluding carboxylic acids is 2. The Balaban J connectivity index is 1.67. The standard InChI is InChI=1S/C18H22N2O4S/c1-3-8-18(10-20-15(21)14(19)16(20)25-11-18)17(22)24-9-12-4-6-13(23-2)7-5-12/h3-8,14,16H,9-11,19H2,1-2H3/t14?,16-,18?/m1/s1. The number of nitrogens with two attached hydrogens (primary N) is 1. The van der Waals surface area contributed by atoms with Gasteiger partial charge in [0.25, 0.3) is 0 Å². The molecule has 7 heteroatoms. The van der Waals surface area contributed by atoms with Gasteiger partial charge in [0.2, 0.25) is 5.91 Å². The van der Waals surface area contributed by atoms with Crippen LogP contribution in [0.25, 0.3) is 0 Å². The smallest absolute Gasteiger partial charge is 0.318 e. The Morgan fingerprint density at radius 3 is 2.80 bits per heavy atom. The average molecular weight is 362 g/mol. The van der Waals surface area contributed by atoms with Crippen LogP contribution >= 0.6 is 11.8 Å². The SMILES string of the molecule is CC=CC1(C(=O)OCc2ccc(OC)cc2)CS[C@@H]2C(N)C(=O)N2C1. The number of methoxy groups -OCH3 is 1. The normalized spacial score (nSPS) is 28.4. The number of hydrogen-bond donors (Lipinski definition) is 1. The van der Waals surface area contributed by atoms with Crippen LogP contribution in [0.2, 0.25) is 0 Å². The molecule has 0 saturated carbocycles. The van der Waals surface area contributed by atoms with E-state index < -0.39 is 11.5 Å². The van der Waals surface area contributed by atoms with E-state index in [1.54, 1.807) is 12.0 Å². The topological polar surface area (TPSA) is 81.9 Å². The first-order valence-corrected chi connectivity index (χ1v) is 9.17. The number of esters is 1. The van der Waals surface area contributed by atoms with Gasteiger partial charge in [-0.15, -0.1) is 11.8 Å². The van der Waals surface area contributed by atoms with E-state index in [1.165, 1.54) is 11.8 Å². The van der Waals surface area contributed by atoms with Crippen LogP contribution < -0.4 is 10.5 Å². The molecule has 1 aromatic carbocycles. The van der Waals surface area contributed by atoms with Gasteiger partial charge >= 0.3 is 5.97 Å². The third-order valence-electron chi connectivity index (χ3n) is 4.57. The summed E-state index contributed by atoms with van der Waals surface area (Å²) in [7, 11) is 1.60. The van der Waals surface area contributed by atoms with Crippen molar-refractivity contribution in [2.24, 2.45) is 11.1 Å². The molecule has 1 aromatic rings. The van der Waals surface area contributed by atoms with Gasteiger partial charge in [-0.05, 0) is 24.6 Å². The number of fused-ring (bicyclic) bond motifs is 1. The first-order chi connectivity index (χ1) is 12.0. The summed E-state index contributed by atoms with van der Waals surface area (Å²) < 4.78 is 10.7. The van der Waals surface area contributed by atoms with Crippen molar-refractivity contribution in [1.82, 2.24) is 4.90 Å². The fraction of sp³-hybridized carbons (Fsp3) is 0.444. The number of amides is 1. The second-order valence-corrected chi connectivity index (χ2v) is 7.38. The Hall–Kier alpha value is -1.99. The van der Waals surface area contributed by atoms with Crippen molar-refractivity contribution in [3.05, 3.63) is 42.0 Å². The van der Waals surface area contributed by atoms with Crippen LogP contribution in [0.15, 0.2) is 36.4 Å². The number of ether oxygens (including phenoxy) is 2. The molecule has 2 N–H and O–H groups in total. The second-order valence-electron chi connectivity index (χ2n) is 6.27. The lowest BCUT2D eigenvalue weighted by Gasteiger charge is -2.52. The van der Waals surface area contributed by atoms with Crippen LogP contribution in [0.3, 0.4) is 0 Å². The number of β-lactam (4-membered cyclic amide) rings is 1. The van der Waals surface area contributed by atoms with Crippen LogP contribution in [0.5, 0.6) is 5.75 Å². The summed E-state index contributed by atoms with van der Waals surface area (Å²) in [5, 5.41) is -0.0275. The maximum Gasteiger partial charge on any atom is 0.318 e. The summed E-state index contributed by atoms with van der Waals surface area (Å²) in [6.07, 6.45) is 3.67. The quantitative estimate of drug-likeness (QED) is 0.486. The average Bonchev–Trinajstić information content (AvgIpc) is 2.65. The van der Waals surface area contributed by atoms with Gasteiger partial charge < -0.3 is 20.1 Å². The molecule has 134 valence electrons. The Bertz CT molecular complexity index is 691. The zero-order valence-electron chi connectivity index (χ0n) is 14.3. The molecule has 2 aliphatic rings. The highest BCUT2D eigenvalue weighted by atomic mass is 32.2. The molecule has 0 aliphatic carbocycles. The van der Waals surface area contributed by atoms with E-state index in [9.17, 15) is 9.59 Å². The Labute approximate surface area is 151 Å². The lowest BCUT2D eigenvalue weighted by molar-refractivity contribution is -0.159. The number of rotatable bonds is 5. The number of nitrogens with zero attached hydrogens (tertiary/aromatic N) is 1. The molecule has 2 fully saturated rings. The van der Waals surface area contributed by atoms with E-state index in [4.69, 9.17) is 15.2 Å². The van der Waals surface area contributed by atoms with Crippen LogP contribution in [-0.2, 0) is 20.9 Å². The maximum atomic E-state index is 12.8. The largest absolute Gasteiger partial charge is 0.497 e. The van der Waals surface area contributed by atoms with E-state index in [0.717, 1.165) is 11.3 Å². The molecule has 2 aliphatic heterocycles. The van der Waals surface area contributed by atoms with Gasteiger partial charge in [-0.2, -0.15) is 0 Å². The maximum absolute atomic E-state index is 12.8. The molecule has 0 bridgehead atoms. The summed E-state index contributed by atoms with van der Waals surface area (Å²) in [5.41, 5.74) is 5.88. The van der Waals surface area contributed by atoms with Crippen molar-refractivity contribution in [3.63, 3.8) is 0 Å². The molecule has 3 rings (SSSR count). The van der Waals surface area contributed by atoms with E-state index in [0.29, 0.717) is 12.3 Å². The van der Waals surface area contributed by atoms with E-state index in [1.807, 2.05) is 43.3 Å². The summed E-state index contributed by atoms with van der Waals surface area (Å²) in [6.45, 7) is 2.37. The monoisotopic (exact) mass is 362 g/mol. The van der Waals surface area contributed by atoms with Crippen molar-refractivity contribution in [3.8, 4) is 5.75 Å². The number of thioether (sulfide) groups is 1. The minimum Gasteiger partial charge on any atom is -0.497 e. The Kier molecular flexibility index (Phi) is 5.06. The Morgan fingerprint density at radius 1 is 1.44 bits per heavy atom. The predicted octanol–water partition coefficient (Wildman–Crippen LogP) is 1.54. The van der Waals surface area contributed by atoms with Crippen LogP contribution in [0, 0.1) is 5.41 Å². The highest BCUT2D eigenvalue weighted by Crippen LogP contribution is 2.42. The van der Waals surface area contributed by atoms with Gasteiger partial charge in [0.1, 0.15) is 29.2 Å². The molecule has 0 aromatic heterocycles. The molecule has 2 unspecified atom stereocenters. The van der Waals surface area contributed by atoms with Gasteiger partial charge in [-0.3, -0.25) is 9.59 Å². The van der Waals surface area contributed by atoms with Crippen molar-refractivity contribution in [2.45, 2.75) is 24.9 Å². The van der Waals surface area contributed by atoms with Gasteiger partial charge in [-0.25, -0.2) is 0 Å². The van der Waals surface area contributed by atoms with Crippen LogP contribution in [0.4, 0.5) is 0 Å². The van der Waals surface area contributed by atoms with Crippen LogP contribution in [-0.4, -0.2) is 47.6 Å². The van der Waals surface area contributed by atoms with Gasteiger partial charge in [0.05, 0.1) is 7.11 Å². The molecular formula is C18H22N2O4S. The molecule has 3 atom stereocenters. The van der Waals surface area contributed by atoms with Gasteiger partial charge in [-0.1, -0.05) is 24.3 Å². The predicted molar refractivity (Wildman–Crippen MR) is 96.0 cm³/mol. The Morgan fingerprint density at radius 2 is 2.16 bits per heavy atom. The van der Waals surface area contributed by atoms with E-state index >= 15 is 0 Å². The molecule has 2 saturated heterocycles. The molecule has 25 heavy (non-hydrogen) atoms. The third kappa shape index (κ3) is 3.26. The highest BCUT2D eigenvalue weighted by Gasteiger charge is 2.55. The summed E-state index contributed by atoms with van der Waals surface area (Å²) in [6, 6.07) is 6.91. The van der Waals surface area contributed by atoms with Crippen molar-refractivity contribution in [2.75, 3.05) is 19.4 Å². The van der Waals surface area contributed by atoms with Crippen LogP contribution in [0.1, 0.15) is 12.5 Å². The molecule has 1 amide bonds. The summed E-state index contributed by atoms with van der Waals surface area (Å²) in [5.74, 6) is 0.887. The number of carbonyl (C=O) groups is 2. The van der Waals surface area contributed by atoms with Gasteiger partial charge in [0.15, 0.2) is 0 Å². The van der Waals surface area contributed by atoms with Gasteiger partial charge in [0, 0.05) is 12.3 Å². The summed E-state index contributed by atoms with van der Waals surface area (Å²) >= 11 is 1.54. The highest BCUT2D eigenvalue weighted by molar-refractivity contribution is 8.00. The first kappa shape index (κ1) is 17.8. The zero-order chi connectivity index (χ0) is 18.0. The molecular weight excluding hydrogens is 340 g/mol. The van der Waals surface area contributed by atoms with Crippen molar-refractivity contribution < 1.29 is 19.1 Å². The lowest BCUT2D eigenvalue weighted by Crippen LogP contribution is -2.71. The first-order valence-electron chi connectivity index (χ1n) is 8.12. The zero-order valence-corrected chi connectivity index (χ0v) is 15.1. The number of allylic oxidation sites excluding steroid dienone is 1. The van der Waals surface area contributed by atoms with Crippen molar-refractivity contribution >= 4 is 23.6 Å². The van der Waals surface area contributed by atoms with E-state index in [-0.39, 0.29) is 23.9 Å². The van der Waals surface area contributed by atoms with Crippen molar-refractivity contribution in [1.29, 1.82) is 0 Å².